The molecule has 6 aromatic rings. The molecule has 12 heteroatoms. The molecule has 0 atom stereocenters. The Bertz CT molecular complexity index is 1990. The minimum Gasteiger partial charge on any atom is -0.870 e. The van der Waals surface area contributed by atoms with Gasteiger partial charge in [0, 0.05) is 46.6 Å². The van der Waals surface area contributed by atoms with E-state index < -0.39 is 11.9 Å². The topological polar surface area (TPSA) is 185 Å². The van der Waals surface area contributed by atoms with E-state index in [1.54, 1.807) is 48.8 Å². The molecule has 0 spiro atoms. The molecule has 190 valence electrons. The summed E-state index contributed by atoms with van der Waals surface area (Å²) in [5.41, 5.74) is 1.17. The Balaban J connectivity index is 0.000000205. The number of nitrogens with zero attached hydrogens (tertiary/aromatic N) is 2. The molecule has 0 radical (unpaired) electrons. The van der Waals surface area contributed by atoms with E-state index >= 15 is 0 Å². The number of esters is 1. The number of carbonyl (C=O) groups excluding carboxylic acids is 1. The number of carboxylic acid groups (broad SMARTS) is 1. The van der Waals surface area contributed by atoms with Gasteiger partial charge < -0.3 is 25.3 Å². The van der Waals surface area contributed by atoms with Gasteiger partial charge in [-0.25, -0.2) is 9.59 Å². The summed E-state index contributed by atoms with van der Waals surface area (Å²) in [7, 11) is 1.32. The van der Waals surface area contributed by atoms with Crippen molar-refractivity contribution in [3.05, 3.63) is 105 Å². The first-order chi connectivity index (χ1) is 17.9. The van der Waals surface area contributed by atoms with E-state index in [1.807, 2.05) is 0 Å². The molecule has 0 aliphatic rings. The third-order valence-corrected chi connectivity index (χ3v) is 5.92. The Kier molecular flexibility index (Phi) is 8.94. The molecule has 4 heterocycles. The SMILES string of the molecule is COC(=O)c1ccc2c(c1)[nH]c(=O)c1cnccc12.O=C(O)c1ccc2c(c1)[nH]c(=O)c1cnccc12.[Na+].[OH-]. The first kappa shape index (κ1) is 29.1. The van der Waals surface area contributed by atoms with Gasteiger partial charge in [0.1, 0.15) is 0 Å². The molecule has 11 nitrogen and oxygen atoms in total. The van der Waals surface area contributed by atoms with Crippen molar-refractivity contribution >= 4 is 55.3 Å². The number of H-pyrrole nitrogens is 2. The Hall–Kier alpha value is -4.42. The monoisotopic (exact) mass is 534 g/mol. The smallest absolute Gasteiger partial charge is 0.870 e. The summed E-state index contributed by atoms with van der Waals surface area (Å²) in [4.78, 5) is 59.4. The molecule has 0 saturated carbocycles. The number of aromatic carboxylic acids is 1. The molecule has 0 fully saturated rings. The van der Waals surface area contributed by atoms with Gasteiger partial charge in [0.15, 0.2) is 0 Å². The maximum Gasteiger partial charge on any atom is 1.00 e. The van der Waals surface area contributed by atoms with E-state index in [2.05, 4.69) is 24.7 Å². The fourth-order valence-electron chi connectivity index (χ4n) is 4.14. The Morgan fingerprint density at radius 3 is 1.64 bits per heavy atom. The summed E-state index contributed by atoms with van der Waals surface area (Å²) < 4.78 is 4.66. The van der Waals surface area contributed by atoms with Gasteiger partial charge in [-0.15, -0.1) is 0 Å². The van der Waals surface area contributed by atoms with Crippen LogP contribution in [0.4, 0.5) is 0 Å². The Morgan fingerprint density at radius 2 is 1.18 bits per heavy atom. The molecule has 0 amide bonds. The predicted molar refractivity (Wildman–Crippen MR) is 140 cm³/mol. The van der Waals surface area contributed by atoms with Crippen LogP contribution in [0.2, 0.25) is 0 Å². The number of nitrogens with one attached hydrogen (secondary N) is 2. The third-order valence-electron chi connectivity index (χ3n) is 5.92. The molecule has 4 aromatic heterocycles. The van der Waals surface area contributed by atoms with Crippen molar-refractivity contribution in [3.63, 3.8) is 0 Å². The summed E-state index contributed by atoms with van der Waals surface area (Å²) in [6.07, 6.45) is 6.27. The number of aromatic amines is 2. The number of rotatable bonds is 2. The number of fused-ring (bicyclic) bond motifs is 6. The van der Waals surface area contributed by atoms with Gasteiger partial charge >= 0.3 is 41.5 Å². The average Bonchev–Trinajstić information content (AvgIpc) is 2.92. The zero-order chi connectivity index (χ0) is 26.1. The first-order valence-corrected chi connectivity index (χ1v) is 11.0. The van der Waals surface area contributed by atoms with E-state index in [-0.39, 0.29) is 51.7 Å². The average molecular weight is 534 g/mol. The van der Waals surface area contributed by atoms with Crippen LogP contribution in [0.25, 0.3) is 43.4 Å². The fourth-order valence-corrected chi connectivity index (χ4v) is 4.14. The van der Waals surface area contributed by atoms with E-state index in [1.165, 1.54) is 31.6 Å². The Morgan fingerprint density at radius 1 is 0.718 bits per heavy atom. The van der Waals surface area contributed by atoms with Crippen molar-refractivity contribution in [2.24, 2.45) is 0 Å². The van der Waals surface area contributed by atoms with Crippen LogP contribution < -0.4 is 40.7 Å². The molecule has 39 heavy (non-hydrogen) atoms. The van der Waals surface area contributed by atoms with E-state index in [0.29, 0.717) is 27.4 Å². The summed E-state index contributed by atoms with van der Waals surface area (Å²) >= 11 is 0. The minimum absolute atomic E-state index is 0. The quantitative estimate of drug-likeness (QED) is 0.161. The molecule has 0 aliphatic heterocycles. The Labute approximate surface area is 241 Å². The van der Waals surface area contributed by atoms with Gasteiger partial charge in [-0.05, 0) is 47.2 Å². The van der Waals surface area contributed by atoms with Crippen molar-refractivity contribution < 1.29 is 54.5 Å². The number of hydrogen-bond donors (Lipinski definition) is 3. The van der Waals surface area contributed by atoms with Gasteiger partial charge in [-0.1, -0.05) is 12.1 Å². The van der Waals surface area contributed by atoms with E-state index in [4.69, 9.17) is 5.11 Å². The van der Waals surface area contributed by atoms with Crippen LogP contribution in [0.3, 0.4) is 0 Å². The second kappa shape index (κ2) is 12.0. The molecule has 4 N–H and O–H groups in total. The summed E-state index contributed by atoms with van der Waals surface area (Å²) in [6, 6.07) is 13.3. The van der Waals surface area contributed by atoms with Crippen molar-refractivity contribution in [3.8, 4) is 0 Å². The van der Waals surface area contributed by atoms with Crippen molar-refractivity contribution in [1.29, 1.82) is 0 Å². The predicted octanol–water partition coefficient (Wildman–Crippen LogP) is 0.465. The number of benzene rings is 2. The molecular formula is C27H19N4NaO7. The van der Waals surface area contributed by atoms with E-state index in [0.717, 1.165) is 21.5 Å². The van der Waals surface area contributed by atoms with Crippen LogP contribution in [0.1, 0.15) is 20.7 Å². The number of ether oxygens (including phenoxy) is 1. The first-order valence-electron chi connectivity index (χ1n) is 11.0. The second-order valence-corrected chi connectivity index (χ2v) is 8.07. The van der Waals surface area contributed by atoms with Gasteiger partial charge in [-0.3, -0.25) is 19.6 Å². The van der Waals surface area contributed by atoms with E-state index in [9.17, 15) is 19.2 Å². The van der Waals surface area contributed by atoms with Crippen LogP contribution in [-0.4, -0.2) is 49.6 Å². The number of carboxylic acids is 1. The number of methoxy groups -OCH3 is 1. The largest absolute Gasteiger partial charge is 1.00 e. The maximum atomic E-state index is 11.9. The van der Waals surface area contributed by atoms with Gasteiger partial charge in [-0.2, -0.15) is 0 Å². The summed E-state index contributed by atoms with van der Waals surface area (Å²) in [5, 5.41) is 13.2. The molecule has 0 saturated heterocycles. The van der Waals surface area contributed by atoms with Crippen molar-refractivity contribution in [2.75, 3.05) is 7.11 Å². The van der Waals surface area contributed by atoms with Crippen LogP contribution in [0.15, 0.2) is 82.9 Å². The number of carbonyl (C=O) groups is 2. The summed E-state index contributed by atoms with van der Waals surface area (Å²) in [5.74, 6) is -1.45. The zero-order valence-electron chi connectivity index (χ0n) is 20.8. The maximum absolute atomic E-state index is 11.9. The van der Waals surface area contributed by atoms with Gasteiger partial charge in [0.25, 0.3) is 11.1 Å². The summed E-state index contributed by atoms with van der Waals surface area (Å²) in [6.45, 7) is 0. The molecule has 2 aromatic carbocycles. The second-order valence-electron chi connectivity index (χ2n) is 8.07. The third kappa shape index (κ3) is 5.56. The van der Waals surface area contributed by atoms with Crippen LogP contribution in [0.5, 0.6) is 0 Å². The zero-order valence-corrected chi connectivity index (χ0v) is 22.8. The molecule has 0 bridgehead atoms. The minimum atomic E-state index is -1.02. The van der Waals surface area contributed by atoms with Gasteiger partial charge in [0.2, 0.25) is 0 Å². The molecule has 6 rings (SSSR count). The number of hydrogen-bond acceptors (Lipinski definition) is 8. The fraction of sp³-hybridized carbons (Fsp3) is 0.0370. The molecule has 0 unspecified atom stereocenters. The van der Waals surface area contributed by atoms with Gasteiger partial charge in [0.05, 0.1) is 29.0 Å². The van der Waals surface area contributed by atoms with Crippen LogP contribution >= 0.6 is 0 Å². The molecule has 0 aliphatic carbocycles. The normalized spacial score (nSPS) is 10.3. The van der Waals surface area contributed by atoms with Crippen molar-refractivity contribution in [1.82, 2.24) is 19.9 Å². The molecular weight excluding hydrogens is 515 g/mol. The van der Waals surface area contributed by atoms with Crippen LogP contribution in [0, 0.1) is 0 Å². The number of pyridine rings is 4. The van der Waals surface area contributed by atoms with Crippen LogP contribution in [-0.2, 0) is 4.74 Å². The standard InChI is InChI=1S/C14H10N2O3.C13H8N2O3.Na.H2O/c1-19-14(18)8-2-3-10-9-4-5-15-7-11(9)13(17)16-12(10)6-8;16-12-10-6-14-4-3-8(10)9-2-1-7(13(17)18)5-11(9)15-12;;/h2-7H,1H3,(H,16,17);1-6H,(H,15,16)(H,17,18);;1H2/q;;+1;/p-1. The number of aromatic nitrogens is 4. The van der Waals surface area contributed by atoms with Crippen molar-refractivity contribution in [2.45, 2.75) is 0 Å².